The van der Waals surface area contributed by atoms with Gasteiger partial charge in [0.15, 0.2) is 0 Å². The SMILES string of the molecule is CCOc1cc(N2CCN(C(=O)NCc3ccc(C(F)(F)F)cc3)CC2)ccc1-n1cnc(C)n1. The molecule has 0 spiro atoms. The molecule has 186 valence electrons. The lowest BCUT2D eigenvalue weighted by molar-refractivity contribution is -0.137. The molecule has 2 amide bonds. The first-order chi connectivity index (χ1) is 16.7. The van der Waals surface area contributed by atoms with Crippen molar-refractivity contribution in [2.24, 2.45) is 0 Å². The molecular formula is C24H27F3N6O2. The summed E-state index contributed by atoms with van der Waals surface area (Å²) in [6.45, 7) is 6.74. The first kappa shape index (κ1) is 24.4. The van der Waals surface area contributed by atoms with Crippen LogP contribution in [0.4, 0.5) is 23.7 Å². The number of aromatic nitrogens is 3. The van der Waals surface area contributed by atoms with Crippen molar-refractivity contribution in [3.05, 3.63) is 65.7 Å². The van der Waals surface area contributed by atoms with Gasteiger partial charge in [-0.15, -0.1) is 0 Å². The van der Waals surface area contributed by atoms with Crippen LogP contribution in [0.3, 0.4) is 0 Å². The van der Waals surface area contributed by atoms with E-state index in [-0.39, 0.29) is 12.6 Å². The maximum Gasteiger partial charge on any atom is 0.416 e. The normalized spacial score (nSPS) is 14.2. The first-order valence-corrected chi connectivity index (χ1v) is 11.3. The van der Waals surface area contributed by atoms with Crippen LogP contribution in [0.1, 0.15) is 23.9 Å². The van der Waals surface area contributed by atoms with Crippen molar-refractivity contribution >= 4 is 11.7 Å². The molecule has 2 aromatic carbocycles. The number of amides is 2. The average Bonchev–Trinajstić information content (AvgIpc) is 3.28. The Kier molecular flexibility index (Phi) is 7.13. The molecule has 2 heterocycles. The highest BCUT2D eigenvalue weighted by molar-refractivity contribution is 5.74. The smallest absolute Gasteiger partial charge is 0.416 e. The number of carbonyl (C=O) groups excluding carboxylic acids is 1. The fraction of sp³-hybridized carbons (Fsp3) is 0.375. The zero-order valence-corrected chi connectivity index (χ0v) is 19.5. The molecule has 35 heavy (non-hydrogen) atoms. The van der Waals surface area contributed by atoms with E-state index in [0.29, 0.717) is 49.9 Å². The van der Waals surface area contributed by atoms with Gasteiger partial charge in [0.25, 0.3) is 0 Å². The number of hydrogen-bond acceptors (Lipinski definition) is 5. The Morgan fingerprint density at radius 1 is 1.09 bits per heavy atom. The summed E-state index contributed by atoms with van der Waals surface area (Å²) >= 11 is 0. The zero-order chi connectivity index (χ0) is 25.0. The maximum absolute atomic E-state index is 12.7. The van der Waals surface area contributed by atoms with Crippen LogP contribution in [0.25, 0.3) is 5.69 Å². The number of aryl methyl sites for hydroxylation is 1. The van der Waals surface area contributed by atoms with Crippen molar-refractivity contribution < 1.29 is 22.7 Å². The number of anilines is 1. The molecule has 0 radical (unpaired) electrons. The van der Waals surface area contributed by atoms with Gasteiger partial charge in [0.2, 0.25) is 0 Å². The Labute approximate surface area is 201 Å². The lowest BCUT2D eigenvalue weighted by atomic mass is 10.1. The number of piperazine rings is 1. The summed E-state index contributed by atoms with van der Waals surface area (Å²) < 4.78 is 45.6. The fourth-order valence-corrected chi connectivity index (χ4v) is 3.89. The number of ether oxygens (including phenoxy) is 1. The summed E-state index contributed by atoms with van der Waals surface area (Å²) in [5.41, 5.74) is 1.69. The van der Waals surface area contributed by atoms with Gasteiger partial charge in [-0.05, 0) is 43.7 Å². The number of nitrogens with one attached hydrogen (secondary N) is 1. The van der Waals surface area contributed by atoms with Gasteiger partial charge in [-0.3, -0.25) is 0 Å². The van der Waals surface area contributed by atoms with Crippen LogP contribution in [0.5, 0.6) is 5.75 Å². The van der Waals surface area contributed by atoms with Crippen molar-refractivity contribution in [1.82, 2.24) is 25.0 Å². The molecule has 0 aliphatic carbocycles. The number of nitrogens with zero attached hydrogens (tertiary/aromatic N) is 5. The fourth-order valence-electron chi connectivity index (χ4n) is 3.89. The van der Waals surface area contributed by atoms with Crippen LogP contribution >= 0.6 is 0 Å². The monoisotopic (exact) mass is 488 g/mol. The lowest BCUT2D eigenvalue weighted by Crippen LogP contribution is -2.51. The molecule has 0 unspecified atom stereocenters. The molecule has 4 rings (SSSR count). The lowest BCUT2D eigenvalue weighted by Gasteiger charge is -2.36. The standard InChI is InChI=1S/C24H27F3N6O2/c1-3-35-22-14-20(8-9-21(22)33-16-29-17(2)30-33)31-10-12-32(13-11-31)23(34)28-15-18-4-6-19(7-5-18)24(25,26)27/h4-9,14,16H,3,10-13,15H2,1-2H3,(H,28,34). The molecule has 1 N–H and O–H groups in total. The number of halogens is 3. The summed E-state index contributed by atoms with van der Waals surface area (Å²) in [5.74, 6) is 1.37. The second-order valence-electron chi connectivity index (χ2n) is 8.15. The van der Waals surface area contributed by atoms with Crippen LogP contribution in [-0.4, -0.2) is 58.5 Å². The Morgan fingerprint density at radius 2 is 1.80 bits per heavy atom. The van der Waals surface area contributed by atoms with Gasteiger partial charge in [0.05, 0.1) is 12.2 Å². The van der Waals surface area contributed by atoms with Gasteiger partial charge in [0, 0.05) is 44.5 Å². The highest BCUT2D eigenvalue weighted by Crippen LogP contribution is 2.30. The summed E-state index contributed by atoms with van der Waals surface area (Å²) in [4.78, 5) is 20.6. The van der Waals surface area contributed by atoms with E-state index >= 15 is 0 Å². The topological polar surface area (TPSA) is 75.5 Å². The Bertz CT molecular complexity index is 1150. The van der Waals surface area contributed by atoms with Crippen molar-refractivity contribution in [3.8, 4) is 11.4 Å². The van der Waals surface area contributed by atoms with Crippen molar-refractivity contribution in [3.63, 3.8) is 0 Å². The van der Waals surface area contributed by atoms with Gasteiger partial charge in [-0.25, -0.2) is 14.5 Å². The third-order valence-electron chi connectivity index (χ3n) is 5.75. The van der Waals surface area contributed by atoms with Crippen molar-refractivity contribution in [2.75, 3.05) is 37.7 Å². The third kappa shape index (κ3) is 5.84. The first-order valence-electron chi connectivity index (χ1n) is 11.3. The van der Waals surface area contributed by atoms with Gasteiger partial charge < -0.3 is 19.9 Å². The number of carbonyl (C=O) groups is 1. The highest BCUT2D eigenvalue weighted by Gasteiger charge is 2.30. The molecule has 3 aromatic rings. The summed E-state index contributed by atoms with van der Waals surface area (Å²) in [5, 5.41) is 7.15. The van der Waals surface area contributed by atoms with Gasteiger partial charge in [-0.2, -0.15) is 18.3 Å². The van der Waals surface area contributed by atoms with Crippen LogP contribution in [-0.2, 0) is 12.7 Å². The molecule has 1 fully saturated rings. The summed E-state index contributed by atoms with van der Waals surface area (Å²) in [6.07, 6.45) is -2.73. The van der Waals surface area contributed by atoms with E-state index in [0.717, 1.165) is 23.5 Å². The molecule has 1 aromatic heterocycles. The van der Waals surface area contributed by atoms with E-state index in [1.165, 1.54) is 12.1 Å². The molecular weight excluding hydrogens is 461 g/mol. The summed E-state index contributed by atoms with van der Waals surface area (Å²) in [7, 11) is 0. The summed E-state index contributed by atoms with van der Waals surface area (Å²) in [6, 6.07) is 10.5. The highest BCUT2D eigenvalue weighted by atomic mass is 19.4. The van der Waals surface area contributed by atoms with Crippen molar-refractivity contribution in [1.29, 1.82) is 0 Å². The Hall–Kier alpha value is -3.76. The number of alkyl halides is 3. The Balaban J connectivity index is 1.33. The molecule has 0 bridgehead atoms. The van der Waals surface area contributed by atoms with Gasteiger partial charge in [0.1, 0.15) is 23.6 Å². The predicted octanol–water partition coefficient (Wildman–Crippen LogP) is 4.03. The zero-order valence-electron chi connectivity index (χ0n) is 19.5. The molecule has 1 saturated heterocycles. The van der Waals surface area contributed by atoms with E-state index in [1.54, 1.807) is 15.9 Å². The second-order valence-corrected chi connectivity index (χ2v) is 8.15. The maximum atomic E-state index is 12.7. The van der Waals surface area contributed by atoms with Crippen LogP contribution in [0.15, 0.2) is 48.8 Å². The number of urea groups is 1. The molecule has 0 saturated carbocycles. The number of benzene rings is 2. The quantitative estimate of drug-likeness (QED) is 0.567. The van der Waals surface area contributed by atoms with E-state index < -0.39 is 11.7 Å². The van der Waals surface area contributed by atoms with E-state index in [1.807, 2.05) is 32.0 Å². The van der Waals surface area contributed by atoms with Gasteiger partial charge >= 0.3 is 12.2 Å². The largest absolute Gasteiger partial charge is 0.492 e. The Morgan fingerprint density at radius 3 is 2.40 bits per heavy atom. The molecule has 1 aliphatic rings. The molecule has 8 nitrogen and oxygen atoms in total. The average molecular weight is 489 g/mol. The number of hydrogen-bond donors (Lipinski definition) is 1. The van der Waals surface area contributed by atoms with Crippen LogP contribution < -0.4 is 15.0 Å². The van der Waals surface area contributed by atoms with E-state index in [4.69, 9.17) is 4.74 Å². The molecule has 1 aliphatic heterocycles. The van der Waals surface area contributed by atoms with Crippen LogP contribution in [0.2, 0.25) is 0 Å². The van der Waals surface area contributed by atoms with E-state index in [2.05, 4.69) is 20.3 Å². The number of rotatable bonds is 6. The molecule has 0 atom stereocenters. The van der Waals surface area contributed by atoms with Crippen LogP contribution in [0, 0.1) is 6.92 Å². The minimum Gasteiger partial charge on any atom is -0.492 e. The predicted molar refractivity (Wildman–Crippen MR) is 125 cm³/mol. The minimum atomic E-state index is -4.37. The molecule has 11 heteroatoms. The van der Waals surface area contributed by atoms with Crippen molar-refractivity contribution in [2.45, 2.75) is 26.6 Å². The van der Waals surface area contributed by atoms with Gasteiger partial charge in [-0.1, -0.05) is 12.1 Å². The minimum absolute atomic E-state index is 0.165. The van der Waals surface area contributed by atoms with E-state index in [9.17, 15) is 18.0 Å². The third-order valence-corrected chi connectivity index (χ3v) is 5.75. The second kappa shape index (κ2) is 10.2.